The number of hydrogen-bond donors (Lipinski definition) is 1. The lowest BCUT2D eigenvalue weighted by Crippen LogP contribution is -2.37. The van der Waals surface area contributed by atoms with Crippen molar-refractivity contribution in [1.29, 1.82) is 0 Å². The van der Waals surface area contributed by atoms with Gasteiger partial charge in [0.05, 0.1) is 29.0 Å². The smallest absolute Gasteiger partial charge is 0.266 e. The molecule has 0 aromatic heterocycles. The molecule has 2 heterocycles. The summed E-state index contributed by atoms with van der Waals surface area (Å²) in [5, 5.41) is 12.6. The van der Waals surface area contributed by atoms with Gasteiger partial charge in [-0.25, -0.2) is 9.96 Å². The largest absolute Gasteiger partial charge is 0.506 e. The molecule has 174 valence electrons. The van der Waals surface area contributed by atoms with Gasteiger partial charge in [0.15, 0.2) is 6.10 Å². The zero-order valence-corrected chi connectivity index (χ0v) is 19.5. The fourth-order valence-electron chi connectivity index (χ4n) is 4.45. The number of phenolic OH excluding ortho intramolecular Hbond substituents is 1. The Kier molecular flexibility index (Phi) is 5.85. The summed E-state index contributed by atoms with van der Waals surface area (Å²) in [4.78, 5) is 34.2. The molecule has 3 aromatic rings. The Bertz CT molecular complexity index is 1250. The molecule has 2 aliphatic rings. The van der Waals surface area contributed by atoms with Crippen LogP contribution in [0.25, 0.3) is 0 Å². The fourth-order valence-corrected chi connectivity index (χ4v) is 4.96. The highest BCUT2D eigenvalue weighted by atomic mass is 35.5. The Hall–Kier alpha value is -3.26. The minimum atomic E-state index is -1.08. The molecule has 0 bridgehead atoms. The van der Waals surface area contributed by atoms with Gasteiger partial charge in [-0.2, -0.15) is 0 Å². The van der Waals surface area contributed by atoms with E-state index >= 15 is 0 Å². The van der Waals surface area contributed by atoms with Crippen LogP contribution in [0, 0.1) is 5.92 Å². The number of hydrogen-bond acceptors (Lipinski definition) is 6. The number of carbonyl (C=O) groups is 2. The van der Waals surface area contributed by atoms with Crippen molar-refractivity contribution in [2.24, 2.45) is 5.92 Å². The van der Waals surface area contributed by atoms with E-state index in [9.17, 15) is 14.7 Å². The third kappa shape index (κ3) is 3.66. The number of anilines is 2. The lowest BCUT2D eigenvalue weighted by atomic mass is 9.90. The van der Waals surface area contributed by atoms with Gasteiger partial charge in [0, 0.05) is 10.6 Å². The van der Waals surface area contributed by atoms with E-state index in [1.54, 1.807) is 36.4 Å². The van der Waals surface area contributed by atoms with Crippen molar-refractivity contribution in [3.05, 3.63) is 82.3 Å². The van der Waals surface area contributed by atoms with Crippen molar-refractivity contribution < 1.29 is 24.3 Å². The molecule has 3 atom stereocenters. The third-order valence-electron chi connectivity index (χ3n) is 5.91. The van der Waals surface area contributed by atoms with Gasteiger partial charge >= 0.3 is 0 Å². The summed E-state index contributed by atoms with van der Waals surface area (Å²) < 4.78 is 5.45. The summed E-state index contributed by atoms with van der Waals surface area (Å²) in [6.07, 6.45) is -1.08. The highest BCUT2D eigenvalue weighted by Crippen LogP contribution is 2.51. The van der Waals surface area contributed by atoms with Crippen LogP contribution in [0.4, 0.5) is 11.4 Å². The van der Waals surface area contributed by atoms with Gasteiger partial charge in [0.2, 0.25) is 5.91 Å². The number of amides is 2. The third-order valence-corrected chi connectivity index (χ3v) is 6.41. The highest BCUT2D eigenvalue weighted by Gasteiger charge is 2.60. The average molecular weight is 499 g/mol. The number of rotatable bonds is 5. The van der Waals surface area contributed by atoms with Crippen molar-refractivity contribution in [2.75, 3.05) is 16.6 Å². The maximum absolute atomic E-state index is 13.7. The van der Waals surface area contributed by atoms with Gasteiger partial charge in [-0.1, -0.05) is 41.4 Å². The number of imide groups is 1. The lowest BCUT2D eigenvalue weighted by molar-refractivity contribution is -0.126. The first kappa shape index (κ1) is 22.5. The molecule has 3 unspecified atom stereocenters. The van der Waals surface area contributed by atoms with Crippen LogP contribution in [0.2, 0.25) is 10.0 Å². The number of carbonyl (C=O) groups excluding carboxylic acids is 2. The van der Waals surface area contributed by atoms with E-state index in [-0.39, 0.29) is 15.8 Å². The molecule has 34 heavy (non-hydrogen) atoms. The van der Waals surface area contributed by atoms with E-state index in [1.807, 2.05) is 25.1 Å². The normalized spacial score (nSPS) is 21.8. The van der Waals surface area contributed by atoms with Gasteiger partial charge in [0.1, 0.15) is 17.4 Å². The maximum atomic E-state index is 13.7. The molecule has 9 heteroatoms. The Morgan fingerprint density at radius 3 is 2.35 bits per heavy atom. The molecule has 0 aliphatic carbocycles. The van der Waals surface area contributed by atoms with Gasteiger partial charge in [0.25, 0.3) is 5.91 Å². The van der Waals surface area contributed by atoms with Gasteiger partial charge < -0.3 is 9.84 Å². The Morgan fingerprint density at radius 2 is 1.68 bits per heavy atom. The van der Waals surface area contributed by atoms with E-state index in [0.29, 0.717) is 29.3 Å². The van der Waals surface area contributed by atoms with Crippen LogP contribution in [-0.4, -0.2) is 29.6 Å². The lowest BCUT2D eigenvalue weighted by Gasteiger charge is -2.29. The first-order valence-corrected chi connectivity index (χ1v) is 11.5. The topological polar surface area (TPSA) is 79.3 Å². The van der Waals surface area contributed by atoms with E-state index in [4.69, 9.17) is 32.8 Å². The number of fused-ring (bicyclic) bond motifs is 1. The molecule has 1 N–H and O–H groups in total. The number of benzene rings is 3. The van der Waals surface area contributed by atoms with E-state index in [0.717, 1.165) is 4.90 Å². The molecule has 2 amide bonds. The number of phenols is 1. The molecule has 2 aliphatic heterocycles. The summed E-state index contributed by atoms with van der Waals surface area (Å²) in [5.74, 6) is -1.46. The minimum Gasteiger partial charge on any atom is -0.506 e. The summed E-state index contributed by atoms with van der Waals surface area (Å²) in [6.45, 7) is 2.37. The monoisotopic (exact) mass is 498 g/mol. The molecule has 2 fully saturated rings. The van der Waals surface area contributed by atoms with Crippen LogP contribution >= 0.6 is 23.2 Å². The Balaban J connectivity index is 1.58. The molecule has 0 radical (unpaired) electrons. The zero-order valence-electron chi connectivity index (χ0n) is 18.0. The van der Waals surface area contributed by atoms with Crippen molar-refractivity contribution in [1.82, 2.24) is 0 Å². The average Bonchev–Trinajstić information content (AvgIpc) is 3.34. The van der Waals surface area contributed by atoms with E-state index < -0.39 is 29.9 Å². The number of para-hydroxylation sites is 1. The first-order valence-electron chi connectivity index (χ1n) is 10.7. The Morgan fingerprint density at radius 1 is 0.971 bits per heavy atom. The van der Waals surface area contributed by atoms with Crippen LogP contribution in [0.15, 0.2) is 66.7 Å². The molecule has 0 saturated carbocycles. The SMILES string of the molecule is CCOc1ccc(N2C(=O)C3ON(c4ccccc4)C(c4cc(Cl)cc(Cl)c4O)C3C2=O)cc1. The molecular formula is C25H20Cl2N2O5. The van der Waals surface area contributed by atoms with Crippen LogP contribution in [-0.2, 0) is 14.4 Å². The molecule has 0 spiro atoms. The summed E-state index contributed by atoms with van der Waals surface area (Å²) in [7, 11) is 0. The number of ether oxygens (including phenoxy) is 1. The van der Waals surface area contributed by atoms with Gasteiger partial charge in [-0.05, 0) is 55.5 Å². The molecule has 5 rings (SSSR count). The van der Waals surface area contributed by atoms with Gasteiger partial charge in [-0.15, -0.1) is 0 Å². The van der Waals surface area contributed by atoms with Crippen molar-refractivity contribution in [2.45, 2.75) is 19.1 Å². The Labute approximate surface area is 206 Å². The van der Waals surface area contributed by atoms with Crippen LogP contribution in [0.5, 0.6) is 11.5 Å². The summed E-state index contributed by atoms with van der Waals surface area (Å²) in [5.41, 5.74) is 1.32. The standard InChI is InChI=1S/C25H20Cl2N2O5/c1-2-33-17-10-8-15(9-11-17)28-24(31)20-21(18-12-14(26)13-19(27)22(18)30)29(34-23(20)25(28)32)16-6-4-3-5-7-16/h3-13,20-21,23,30H,2H2,1H3. The highest BCUT2D eigenvalue weighted by molar-refractivity contribution is 6.35. The second-order valence-corrected chi connectivity index (χ2v) is 8.77. The number of hydroxylamine groups is 1. The van der Waals surface area contributed by atoms with Crippen molar-refractivity contribution >= 4 is 46.4 Å². The second-order valence-electron chi connectivity index (χ2n) is 7.92. The fraction of sp³-hybridized carbons (Fsp3) is 0.200. The van der Waals surface area contributed by atoms with E-state index in [1.165, 1.54) is 17.2 Å². The van der Waals surface area contributed by atoms with Crippen LogP contribution in [0.3, 0.4) is 0 Å². The van der Waals surface area contributed by atoms with Crippen LogP contribution in [0.1, 0.15) is 18.5 Å². The van der Waals surface area contributed by atoms with Crippen LogP contribution < -0.4 is 14.7 Å². The maximum Gasteiger partial charge on any atom is 0.266 e. The molecular weight excluding hydrogens is 479 g/mol. The molecule has 7 nitrogen and oxygen atoms in total. The number of nitrogens with zero attached hydrogens (tertiary/aromatic N) is 2. The predicted octanol–water partition coefficient (Wildman–Crippen LogP) is 5.15. The zero-order chi connectivity index (χ0) is 24.0. The quantitative estimate of drug-likeness (QED) is 0.490. The number of halogens is 2. The van der Waals surface area contributed by atoms with Gasteiger partial charge in [-0.3, -0.25) is 14.4 Å². The van der Waals surface area contributed by atoms with E-state index in [2.05, 4.69) is 0 Å². The second kappa shape index (κ2) is 8.83. The summed E-state index contributed by atoms with van der Waals surface area (Å²) >= 11 is 12.4. The first-order chi connectivity index (χ1) is 16.4. The minimum absolute atomic E-state index is 0.0408. The number of aromatic hydroxyl groups is 1. The predicted molar refractivity (Wildman–Crippen MR) is 128 cm³/mol. The van der Waals surface area contributed by atoms with Crippen molar-refractivity contribution in [3.63, 3.8) is 0 Å². The van der Waals surface area contributed by atoms with Crippen molar-refractivity contribution in [3.8, 4) is 11.5 Å². The summed E-state index contributed by atoms with van der Waals surface area (Å²) in [6, 6.07) is 17.8. The molecule has 3 aromatic carbocycles. The molecule has 2 saturated heterocycles.